The molecule has 9 heteroatoms. The number of esters is 1. The Bertz CT molecular complexity index is 1680. The third kappa shape index (κ3) is 5.21. The third-order valence-corrected chi connectivity index (χ3v) is 12.0. The van der Waals surface area contributed by atoms with Crippen LogP contribution in [0, 0.1) is 17.8 Å². The molecule has 2 aromatic carbocycles. The van der Waals surface area contributed by atoms with E-state index in [0.717, 1.165) is 11.1 Å². The number of carbonyl (C=O) groups excluding carboxylic acids is 1. The normalized spacial score (nSPS) is 27.6. The van der Waals surface area contributed by atoms with Gasteiger partial charge in [0.1, 0.15) is 16.8 Å². The number of ether oxygens (including phenoxy) is 2. The van der Waals surface area contributed by atoms with Crippen LogP contribution >= 0.6 is 0 Å². The number of hydrogen-bond donors (Lipinski definition) is 0. The van der Waals surface area contributed by atoms with Gasteiger partial charge in [0.05, 0.1) is 28.4 Å². The van der Waals surface area contributed by atoms with Crippen LogP contribution in [0.1, 0.15) is 27.2 Å². The SMILES string of the molecule is COC(=O)[C@H]1C2=C(CCS(=O)(=O)c3ccccc3)OC3(C)C=C(C)C=C(C)C(C=C[C@@H]1S(=O)(=O)c1ccccc1)C23. The van der Waals surface area contributed by atoms with E-state index in [1.54, 1.807) is 54.6 Å². The van der Waals surface area contributed by atoms with Crippen molar-refractivity contribution in [1.82, 2.24) is 0 Å². The summed E-state index contributed by atoms with van der Waals surface area (Å²) in [6, 6.07) is 16.2. The second kappa shape index (κ2) is 10.8. The van der Waals surface area contributed by atoms with Crippen LogP contribution in [-0.2, 0) is 33.9 Å². The van der Waals surface area contributed by atoms with Crippen molar-refractivity contribution < 1.29 is 31.1 Å². The fourth-order valence-corrected chi connectivity index (χ4v) is 9.53. The lowest BCUT2D eigenvalue weighted by atomic mass is 9.71. The minimum atomic E-state index is -4.05. The maximum absolute atomic E-state index is 14.1. The van der Waals surface area contributed by atoms with Crippen molar-refractivity contribution in [1.29, 1.82) is 0 Å². The average molecular weight is 595 g/mol. The summed E-state index contributed by atoms with van der Waals surface area (Å²) in [6.07, 6.45) is 7.47. The zero-order chi connectivity index (χ0) is 29.6. The summed E-state index contributed by atoms with van der Waals surface area (Å²) in [6.45, 7) is 5.85. The highest BCUT2D eigenvalue weighted by Crippen LogP contribution is 2.55. The van der Waals surface area contributed by atoms with E-state index < -0.39 is 48.3 Å². The predicted octanol–water partition coefficient (Wildman–Crippen LogP) is 5.23. The van der Waals surface area contributed by atoms with Crippen LogP contribution in [-0.4, -0.2) is 46.5 Å². The van der Waals surface area contributed by atoms with Crippen molar-refractivity contribution >= 4 is 25.6 Å². The Hall–Kier alpha value is -3.43. The number of sulfone groups is 2. The number of rotatable bonds is 7. The number of benzene rings is 2. The molecule has 0 N–H and O–H groups in total. The molecule has 0 saturated carbocycles. The monoisotopic (exact) mass is 594 g/mol. The van der Waals surface area contributed by atoms with E-state index in [0.29, 0.717) is 11.3 Å². The molecule has 0 aromatic heterocycles. The standard InChI is InChI=1S/C32H34O7S2/c1-21-19-22(2)25-15-16-27(41(36,37)24-13-9-6-10-14-24)29(31(33)38-4)28-26(39-32(3,20-21)30(25)28)17-18-40(34,35)23-11-7-5-8-12-23/h5-16,19-20,25,27,29-30H,17-18H2,1-4H3/t25?,27-,29+,30?,32?/m0/s1. The molecule has 3 aliphatic rings. The number of carbonyl (C=O) groups is 1. The van der Waals surface area contributed by atoms with Crippen molar-refractivity contribution in [3.8, 4) is 0 Å². The van der Waals surface area contributed by atoms with Crippen LogP contribution in [0.4, 0.5) is 0 Å². The highest BCUT2D eigenvalue weighted by Gasteiger charge is 2.57. The molecule has 0 saturated heterocycles. The van der Waals surface area contributed by atoms with Gasteiger partial charge in [-0.2, -0.15) is 0 Å². The number of hydrogen-bond acceptors (Lipinski definition) is 7. The van der Waals surface area contributed by atoms with Crippen molar-refractivity contribution in [2.75, 3.05) is 12.9 Å². The molecule has 216 valence electrons. The molecule has 0 amide bonds. The van der Waals surface area contributed by atoms with Gasteiger partial charge in [0, 0.05) is 18.3 Å². The number of allylic oxidation sites excluding steroid dienone is 5. The van der Waals surface area contributed by atoms with E-state index in [4.69, 9.17) is 9.47 Å². The average Bonchev–Trinajstić information content (AvgIpc) is 3.06. The molecule has 7 nitrogen and oxygen atoms in total. The van der Waals surface area contributed by atoms with E-state index in [-0.39, 0.29) is 27.9 Å². The molecule has 1 heterocycles. The van der Waals surface area contributed by atoms with Gasteiger partial charge in [-0.05, 0) is 56.7 Å². The summed E-state index contributed by atoms with van der Waals surface area (Å²) in [5, 5.41) is -1.27. The lowest BCUT2D eigenvalue weighted by Crippen LogP contribution is -2.40. The van der Waals surface area contributed by atoms with E-state index in [9.17, 15) is 21.6 Å². The smallest absolute Gasteiger partial charge is 0.314 e. The summed E-state index contributed by atoms with van der Waals surface area (Å²) >= 11 is 0. The Morgan fingerprint density at radius 1 is 0.927 bits per heavy atom. The highest BCUT2D eigenvalue weighted by atomic mass is 32.2. The van der Waals surface area contributed by atoms with Crippen LogP contribution in [0.2, 0.25) is 0 Å². The van der Waals surface area contributed by atoms with Gasteiger partial charge in [-0.15, -0.1) is 0 Å². The second-order valence-corrected chi connectivity index (χ2v) is 15.2. The quantitative estimate of drug-likeness (QED) is 0.319. The van der Waals surface area contributed by atoms with Crippen LogP contribution in [0.3, 0.4) is 0 Å². The Balaban J connectivity index is 1.71. The highest BCUT2D eigenvalue weighted by molar-refractivity contribution is 7.92. The molecular formula is C32H34O7S2. The maximum atomic E-state index is 14.1. The van der Waals surface area contributed by atoms with Gasteiger partial charge in [0.25, 0.3) is 0 Å². The molecule has 1 aliphatic heterocycles. The van der Waals surface area contributed by atoms with Crippen molar-refractivity contribution in [2.24, 2.45) is 17.8 Å². The van der Waals surface area contributed by atoms with Crippen molar-refractivity contribution in [2.45, 2.75) is 47.8 Å². The Morgan fingerprint density at radius 2 is 1.54 bits per heavy atom. The molecule has 5 rings (SSSR count). The van der Waals surface area contributed by atoms with Gasteiger partial charge in [-0.25, -0.2) is 16.8 Å². The van der Waals surface area contributed by atoms with Gasteiger partial charge in [-0.3, -0.25) is 4.79 Å². The summed E-state index contributed by atoms with van der Waals surface area (Å²) in [7, 11) is -6.50. The lowest BCUT2D eigenvalue weighted by Gasteiger charge is -2.34. The fourth-order valence-electron chi connectivity index (χ4n) is 6.50. The fraction of sp³-hybridized carbons (Fsp3) is 0.344. The Kier molecular flexibility index (Phi) is 7.63. The van der Waals surface area contributed by atoms with E-state index in [2.05, 4.69) is 0 Å². The predicted molar refractivity (Wildman–Crippen MR) is 156 cm³/mol. The molecule has 2 aromatic rings. The zero-order valence-corrected chi connectivity index (χ0v) is 25.1. The summed E-state index contributed by atoms with van der Waals surface area (Å²) in [4.78, 5) is 13.9. The lowest BCUT2D eigenvalue weighted by molar-refractivity contribution is -0.144. The maximum Gasteiger partial charge on any atom is 0.314 e. The first-order chi connectivity index (χ1) is 19.4. The van der Waals surface area contributed by atoms with E-state index >= 15 is 0 Å². The van der Waals surface area contributed by atoms with Gasteiger partial charge >= 0.3 is 5.97 Å². The van der Waals surface area contributed by atoms with Gasteiger partial charge in [0.2, 0.25) is 0 Å². The van der Waals surface area contributed by atoms with Crippen LogP contribution in [0.15, 0.2) is 117 Å². The van der Waals surface area contributed by atoms with E-state index in [1.165, 1.54) is 19.2 Å². The van der Waals surface area contributed by atoms with Crippen LogP contribution in [0.25, 0.3) is 0 Å². The van der Waals surface area contributed by atoms with Gasteiger partial charge in [-0.1, -0.05) is 65.8 Å². The summed E-state index contributed by atoms with van der Waals surface area (Å²) < 4.78 is 66.6. The second-order valence-electron chi connectivity index (χ2n) is 11.0. The third-order valence-electron chi connectivity index (χ3n) is 8.23. The summed E-state index contributed by atoms with van der Waals surface area (Å²) in [5.41, 5.74) is 1.50. The first-order valence-electron chi connectivity index (χ1n) is 13.5. The largest absolute Gasteiger partial charge is 0.487 e. The molecule has 0 radical (unpaired) electrons. The topological polar surface area (TPSA) is 104 Å². The molecule has 5 atom stereocenters. The molecular weight excluding hydrogens is 560 g/mol. The van der Waals surface area contributed by atoms with Crippen LogP contribution in [0.5, 0.6) is 0 Å². The van der Waals surface area contributed by atoms with Crippen molar-refractivity contribution in [3.63, 3.8) is 0 Å². The first-order valence-corrected chi connectivity index (χ1v) is 16.7. The molecule has 0 fully saturated rings. The Labute approximate surface area is 242 Å². The first kappa shape index (κ1) is 29.1. The molecule has 2 aliphatic carbocycles. The van der Waals surface area contributed by atoms with Gasteiger partial charge < -0.3 is 9.47 Å². The van der Waals surface area contributed by atoms with Crippen LogP contribution < -0.4 is 0 Å². The summed E-state index contributed by atoms with van der Waals surface area (Å²) in [5.74, 6) is -2.60. The Morgan fingerprint density at radius 3 is 2.15 bits per heavy atom. The minimum absolute atomic E-state index is 0.0212. The number of methoxy groups -OCH3 is 1. The molecule has 0 bridgehead atoms. The van der Waals surface area contributed by atoms with Crippen molar-refractivity contribution in [3.05, 3.63) is 107 Å². The van der Waals surface area contributed by atoms with E-state index in [1.807, 2.05) is 39.0 Å². The minimum Gasteiger partial charge on any atom is -0.487 e. The molecule has 3 unspecified atom stereocenters. The molecule has 0 spiro atoms. The zero-order valence-electron chi connectivity index (χ0n) is 23.5. The molecule has 41 heavy (non-hydrogen) atoms. The van der Waals surface area contributed by atoms with Gasteiger partial charge in [0.15, 0.2) is 19.7 Å².